The van der Waals surface area contributed by atoms with Gasteiger partial charge in [0, 0.05) is 11.5 Å². The van der Waals surface area contributed by atoms with Crippen LogP contribution in [0.5, 0.6) is 5.75 Å². The van der Waals surface area contributed by atoms with Crippen molar-refractivity contribution in [1.82, 2.24) is 0 Å². The summed E-state index contributed by atoms with van der Waals surface area (Å²) in [5, 5.41) is 13.8. The van der Waals surface area contributed by atoms with Gasteiger partial charge in [0.05, 0.1) is 4.92 Å². The second-order valence-corrected chi connectivity index (χ2v) is 8.04. The van der Waals surface area contributed by atoms with Gasteiger partial charge in [-0.1, -0.05) is 62.4 Å². The zero-order valence-electron chi connectivity index (χ0n) is 18.1. The Morgan fingerprint density at radius 1 is 1.00 bits per heavy atom. The Morgan fingerprint density at radius 2 is 1.61 bits per heavy atom. The minimum Gasteiger partial charge on any atom is -0.481 e. The Balaban J connectivity index is 1.69. The molecule has 0 aliphatic carbocycles. The molecule has 1 unspecified atom stereocenters. The highest BCUT2D eigenvalue weighted by Gasteiger charge is 2.24. The van der Waals surface area contributed by atoms with E-state index in [4.69, 9.17) is 4.74 Å². The molecule has 160 valence electrons. The molecule has 0 bridgehead atoms. The maximum absolute atomic E-state index is 12.5. The largest absolute Gasteiger partial charge is 0.481 e. The van der Waals surface area contributed by atoms with Gasteiger partial charge in [0.15, 0.2) is 6.10 Å². The van der Waals surface area contributed by atoms with Crippen molar-refractivity contribution in [2.75, 3.05) is 5.32 Å². The molecule has 31 heavy (non-hydrogen) atoms. The van der Waals surface area contributed by atoms with Crippen LogP contribution in [0.2, 0.25) is 0 Å². The van der Waals surface area contributed by atoms with E-state index in [9.17, 15) is 14.9 Å². The summed E-state index contributed by atoms with van der Waals surface area (Å²) in [7, 11) is 0. The predicted octanol–water partition coefficient (Wildman–Crippen LogP) is 5.64. The van der Waals surface area contributed by atoms with E-state index in [0.717, 1.165) is 11.1 Å². The van der Waals surface area contributed by atoms with E-state index < -0.39 is 16.9 Å². The first kappa shape index (κ1) is 22.0. The zero-order valence-corrected chi connectivity index (χ0v) is 18.1. The molecule has 1 N–H and O–H groups in total. The van der Waals surface area contributed by atoms with Crippen molar-refractivity contribution in [2.45, 2.75) is 39.2 Å². The topological polar surface area (TPSA) is 81.5 Å². The lowest BCUT2D eigenvalue weighted by molar-refractivity contribution is -0.384. The number of benzene rings is 3. The van der Waals surface area contributed by atoms with Gasteiger partial charge in [-0.05, 0) is 48.7 Å². The molecule has 3 aromatic carbocycles. The molecule has 3 rings (SSSR count). The molecule has 0 aliphatic heterocycles. The van der Waals surface area contributed by atoms with Crippen molar-refractivity contribution < 1.29 is 14.5 Å². The molecule has 6 heteroatoms. The number of nitrogens with one attached hydrogen (secondary N) is 1. The van der Waals surface area contributed by atoms with Crippen LogP contribution in [0, 0.1) is 17.0 Å². The molecule has 1 amide bonds. The van der Waals surface area contributed by atoms with Crippen LogP contribution >= 0.6 is 0 Å². The van der Waals surface area contributed by atoms with E-state index in [0.29, 0.717) is 5.75 Å². The van der Waals surface area contributed by atoms with Crippen LogP contribution in [0.1, 0.15) is 37.5 Å². The number of anilines is 1. The molecule has 0 radical (unpaired) electrons. The highest BCUT2D eigenvalue weighted by Crippen LogP contribution is 2.32. The molecule has 0 heterocycles. The smallest absolute Gasteiger partial charge is 0.293 e. The first-order chi connectivity index (χ1) is 14.7. The van der Waals surface area contributed by atoms with Gasteiger partial charge < -0.3 is 10.1 Å². The average Bonchev–Trinajstić information content (AvgIpc) is 2.75. The average molecular weight is 418 g/mol. The van der Waals surface area contributed by atoms with Crippen LogP contribution in [-0.4, -0.2) is 16.9 Å². The first-order valence-electron chi connectivity index (χ1n) is 10.1. The molecule has 0 aliphatic rings. The number of nitro groups is 1. The Kier molecular flexibility index (Phi) is 6.39. The number of carbonyl (C=O) groups excluding carboxylic acids is 1. The Hall–Kier alpha value is -3.67. The van der Waals surface area contributed by atoms with E-state index in [1.807, 2.05) is 42.5 Å². The Bertz CT molecular complexity index is 1080. The summed E-state index contributed by atoms with van der Waals surface area (Å²) < 4.78 is 5.76. The molecule has 0 spiro atoms. The third kappa shape index (κ3) is 5.09. The van der Waals surface area contributed by atoms with Crippen LogP contribution in [0.3, 0.4) is 0 Å². The van der Waals surface area contributed by atoms with Gasteiger partial charge in [0.25, 0.3) is 11.6 Å². The van der Waals surface area contributed by atoms with Crippen LogP contribution in [0.15, 0.2) is 72.8 Å². The van der Waals surface area contributed by atoms with Crippen molar-refractivity contribution >= 4 is 17.3 Å². The fourth-order valence-electron chi connectivity index (χ4n) is 3.36. The molecule has 0 fully saturated rings. The minimum absolute atomic E-state index is 0.145. The quantitative estimate of drug-likeness (QED) is 0.398. The molecule has 0 saturated heterocycles. The summed E-state index contributed by atoms with van der Waals surface area (Å²) in [6.07, 6.45) is -0.825. The van der Waals surface area contributed by atoms with Gasteiger partial charge in [-0.25, -0.2) is 0 Å². The molecule has 1 atom stereocenters. The number of rotatable bonds is 7. The molecule has 3 aromatic rings. The van der Waals surface area contributed by atoms with E-state index in [1.54, 1.807) is 19.9 Å². The van der Waals surface area contributed by atoms with E-state index in [1.165, 1.54) is 17.7 Å². The lowest BCUT2D eigenvalue weighted by Gasteiger charge is -2.26. The number of nitrogens with zero attached hydrogens (tertiary/aromatic N) is 1. The van der Waals surface area contributed by atoms with Crippen LogP contribution in [0.4, 0.5) is 11.4 Å². The number of ether oxygens (including phenoxy) is 1. The minimum atomic E-state index is -0.825. The van der Waals surface area contributed by atoms with Crippen molar-refractivity contribution in [3.8, 4) is 5.75 Å². The van der Waals surface area contributed by atoms with Crippen LogP contribution < -0.4 is 10.1 Å². The molecule has 0 saturated carbocycles. The number of amides is 1. The summed E-state index contributed by atoms with van der Waals surface area (Å²) in [5.74, 6) is 0.0920. The maximum atomic E-state index is 12.5. The third-order valence-electron chi connectivity index (χ3n) is 5.36. The normalized spacial score (nSPS) is 12.1. The summed E-state index contributed by atoms with van der Waals surface area (Å²) in [4.78, 5) is 23.3. The van der Waals surface area contributed by atoms with Crippen molar-refractivity contribution in [1.29, 1.82) is 0 Å². The predicted molar refractivity (Wildman–Crippen MR) is 122 cm³/mol. The molecule has 0 aromatic heterocycles. The van der Waals surface area contributed by atoms with Gasteiger partial charge >= 0.3 is 0 Å². The van der Waals surface area contributed by atoms with Gasteiger partial charge in [0.1, 0.15) is 11.4 Å². The lowest BCUT2D eigenvalue weighted by Crippen LogP contribution is -2.30. The van der Waals surface area contributed by atoms with E-state index >= 15 is 0 Å². The highest BCUT2D eigenvalue weighted by atomic mass is 16.6. The second kappa shape index (κ2) is 9.00. The zero-order chi connectivity index (χ0) is 22.6. The number of nitro benzene ring substituents is 1. The van der Waals surface area contributed by atoms with E-state index in [2.05, 4.69) is 31.3 Å². The third-order valence-corrected chi connectivity index (χ3v) is 5.36. The van der Waals surface area contributed by atoms with Gasteiger partial charge in [-0.3, -0.25) is 14.9 Å². The summed E-state index contributed by atoms with van der Waals surface area (Å²) in [5.41, 5.74) is 2.90. The van der Waals surface area contributed by atoms with Gasteiger partial charge in [0.2, 0.25) is 0 Å². The van der Waals surface area contributed by atoms with Gasteiger partial charge in [-0.2, -0.15) is 0 Å². The summed E-state index contributed by atoms with van der Waals surface area (Å²) in [6, 6.07) is 22.5. The fourth-order valence-corrected chi connectivity index (χ4v) is 3.36. The Morgan fingerprint density at radius 3 is 2.23 bits per heavy atom. The molecule has 6 nitrogen and oxygen atoms in total. The summed E-state index contributed by atoms with van der Waals surface area (Å²) in [6.45, 7) is 7.68. The number of carbonyl (C=O) groups is 1. The lowest BCUT2D eigenvalue weighted by atomic mass is 9.78. The first-order valence-corrected chi connectivity index (χ1v) is 10.1. The van der Waals surface area contributed by atoms with Crippen LogP contribution in [0.25, 0.3) is 0 Å². The monoisotopic (exact) mass is 418 g/mol. The van der Waals surface area contributed by atoms with E-state index in [-0.39, 0.29) is 16.8 Å². The second-order valence-electron chi connectivity index (χ2n) is 8.04. The number of hydrogen-bond acceptors (Lipinski definition) is 4. The van der Waals surface area contributed by atoms with Crippen molar-refractivity contribution in [3.05, 3.63) is 99.6 Å². The summed E-state index contributed by atoms with van der Waals surface area (Å²) >= 11 is 0. The van der Waals surface area contributed by atoms with Crippen LogP contribution in [-0.2, 0) is 10.2 Å². The van der Waals surface area contributed by atoms with Crippen molar-refractivity contribution in [2.24, 2.45) is 0 Å². The van der Waals surface area contributed by atoms with Crippen molar-refractivity contribution in [3.63, 3.8) is 0 Å². The Labute approximate surface area is 182 Å². The highest BCUT2D eigenvalue weighted by molar-refractivity contribution is 5.96. The molecular formula is C25H26N2O4. The van der Waals surface area contributed by atoms with Gasteiger partial charge in [-0.15, -0.1) is 0 Å². The SMILES string of the molecule is Cc1ccc(NC(=O)C(C)Oc2ccc(C(C)(C)c3ccccc3)cc2)c([N+](=O)[O-])c1. The molecular weight excluding hydrogens is 392 g/mol. The maximum Gasteiger partial charge on any atom is 0.293 e. The fraction of sp³-hybridized carbons (Fsp3) is 0.240. The standard InChI is InChI=1S/C25H26N2O4/c1-17-10-15-22(23(16-17)27(29)30)26-24(28)18(2)31-21-13-11-20(12-14-21)25(3,4)19-8-6-5-7-9-19/h5-16,18H,1-4H3,(H,26,28). The number of hydrogen-bond donors (Lipinski definition) is 1. The number of aryl methyl sites for hydroxylation is 1.